The number of carbonyl (C=O) groups is 1. The minimum Gasteiger partial charge on any atom is -0.464 e. The predicted octanol–water partition coefficient (Wildman–Crippen LogP) is 2.74. The molecule has 4 rings (SSSR count). The molecule has 0 spiro atoms. The first-order valence-electron chi connectivity index (χ1n) is 7.74. The van der Waals surface area contributed by atoms with E-state index in [2.05, 4.69) is 22.4 Å². The molecule has 2 aliphatic rings. The van der Waals surface area contributed by atoms with Gasteiger partial charge in [-0.05, 0) is 61.4 Å². The Labute approximate surface area is 123 Å². The number of fused-ring (bicyclic) bond motifs is 5. The van der Waals surface area contributed by atoms with Crippen LogP contribution in [-0.2, 0) is 11.2 Å². The normalized spacial score (nSPS) is 24.4. The monoisotopic (exact) mass is 284 g/mol. The molecule has 1 aliphatic carbocycles. The summed E-state index contributed by atoms with van der Waals surface area (Å²) >= 11 is 0. The van der Waals surface area contributed by atoms with Gasteiger partial charge in [0.2, 0.25) is 0 Å². The largest absolute Gasteiger partial charge is 0.464 e. The molecule has 1 saturated heterocycles. The van der Waals surface area contributed by atoms with Gasteiger partial charge < -0.3 is 15.0 Å². The van der Waals surface area contributed by atoms with E-state index in [0.29, 0.717) is 17.7 Å². The van der Waals surface area contributed by atoms with Crippen molar-refractivity contribution in [2.75, 3.05) is 13.7 Å². The van der Waals surface area contributed by atoms with Crippen molar-refractivity contribution in [3.63, 3.8) is 0 Å². The lowest BCUT2D eigenvalue weighted by Gasteiger charge is -2.38. The highest BCUT2D eigenvalue weighted by atomic mass is 16.5. The molecular formula is C17H20N2O2. The molecule has 2 aromatic rings. The molecule has 1 aliphatic heterocycles. The van der Waals surface area contributed by atoms with Crippen molar-refractivity contribution in [3.8, 4) is 0 Å². The molecule has 110 valence electrons. The van der Waals surface area contributed by atoms with E-state index in [9.17, 15) is 4.79 Å². The van der Waals surface area contributed by atoms with Gasteiger partial charge in [0.25, 0.3) is 0 Å². The molecule has 2 atom stereocenters. The molecule has 4 heteroatoms. The quantitative estimate of drug-likeness (QED) is 0.792. The maximum Gasteiger partial charge on any atom is 0.354 e. The fourth-order valence-corrected chi connectivity index (χ4v) is 4.06. The van der Waals surface area contributed by atoms with Crippen LogP contribution in [0.1, 0.15) is 46.8 Å². The van der Waals surface area contributed by atoms with Crippen molar-refractivity contribution >= 4 is 16.9 Å². The minimum absolute atomic E-state index is 0.298. The number of ether oxygens (including phenoxy) is 1. The number of aryl methyl sites for hydroxylation is 1. The van der Waals surface area contributed by atoms with Crippen LogP contribution in [0.2, 0.25) is 0 Å². The van der Waals surface area contributed by atoms with E-state index in [4.69, 9.17) is 4.74 Å². The molecule has 2 heterocycles. The molecule has 1 aromatic heterocycles. The summed E-state index contributed by atoms with van der Waals surface area (Å²) in [5.74, 6) is 0.330. The molecule has 0 bridgehead atoms. The highest BCUT2D eigenvalue weighted by Crippen LogP contribution is 2.40. The number of piperidine rings is 1. The maximum absolute atomic E-state index is 11.7. The van der Waals surface area contributed by atoms with Crippen molar-refractivity contribution < 1.29 is 9.53 Å². The number of rotatable bonds is 1. The van der Waals surface area contributed by atoms with E-state index in [0.717, 1.165) is 18.5 Å². The van der Waals surface area contributed by atoms with Crippen LogP contribution < -0.4 is 5.32 Å². The number of benzene rings is 1. The van der Waals surface area contributed by atoms with Crippen LogP contribution in [0.3, 0.4) is 0 Å². The molecule has 0 radical (unpaired) electrons. The summed E-state index contributed by atoms with van der Waals surface area (Å²) in [6.45, 7) is 1.15. The van der Waals surface area contributed by atoms with Gasteiger partial charge in [-0.15, -0.1) is 0 Å². The standard InChI is InChI=1S/C17H20N2O2/c1-21-17(20)16-9-13-11-4-6-14-12(3-2-8-18-14)10(11)5-7-15(13)19-16/h5,7,9,12,14,18-19H,2-4,6,8H2,1H3/t12-,14+/m1/s1. The summed E-state index contributed by atoms with van der Waals surface area (Å²) in [5.41, 5.74) is 4.48. The van der Waals surface area contributed by atoms with E-state index in [1.807, 2.05) is 6.07 Å². The number of H-pyrrole nitrogens is 1. The van der Waals surface area contributed by atoms with Crippen LogP contribution in [0, 0.1) is 0 Å². The first-order chi connectivity index (χ1) is 10.3. The third-order valence-electron chi connectivity index (χ3n) is 5.05. The second-order valence-corrected chi connectivity index (χ2v) is 6.12. The third kappa shape index (κ3) is 1.97. The second-order valence-electron chi connectivity index (χ2n) is 6.12. The first-order valence-corrected chi connectivity index (χ1v) is 7.74. The summed E-state index contributed by atoms with van der Waals surface area (Å²) in [7, 11) is 1.42. The van der Waals surface area contributed by atoms with Gasteiger partial charge in [0.05, 0.1) is 7.11 Å². The molecule has 2 N–H and O–H groups in total. The SMILES string of the molecule is COC(=O)c1cc2c3c(ccc2[nH]1)[C@H]1CCCN[C@H]1CC3. The highest BCUT2D eigenvalue weighted by Gasteiger charge is 2.32. The van der Waals surface area contributed by atoms with Gasteiger partial charge in [-0.3, -0.25) is 0 Å². The Balaban J connectivity index is 1.83. The summed E-state index contributed by atoms with van der Waals surface area (Å²) in [6.07, 6.45) is 4.79. The summed E-state index contributed by atoms with van der Waals surface area (Å²) in [4.78, 5) is 14.9. The van der Waals surface area contributed by atoms with E-state index < -0.39 is 0 Å². The predicted molar refractivity (Wildman–Crippen MR) is 81.7 cm³/mol. The van der Waals surface area contributed by atoms with E-state index >= 15 is 0 Å². The van der Waals surface area contributed by atoms with Gasteiger partial charge in [-0.2, -0.15) is 0 Å². The van der Waals surface area contributed by atoms with Crippen molar-refractivity contribution in [1.82, 2.24) is 10.3 Å². The third-order valence-corrected chi connectivity index (χ3v) is 5.05. The van der Waals surface area contributed by atoms with Gasteiger partial charge >= 0.3 is 5.97 Å². The number of aromatic amines is 1. The van der Waals surface area contributed by atoms with Gasteiger partial charge in [-0.25, -0.2) is 4.79 Å². The van der Waals surface area contributed by atoms with Crippen LogP contribution in [-0.4, -0.2) is 30.6 Å². The second kappa shape index (κ2) is 4.88. The number of esters is 1. The van der Waals surface area contributed by atoms with Gasteiger partial charge in [0.1, 0.15) is 5.69 Å². The van der Waals surface area contributed by atoms with Crippen LogP contribution in [0.4, 0.5) is 0 Å². The molecule has 0 saturated carbocycles. The summed E-state index contributed by atoms with van der Waals surface area (Å²) in [6, 6.07) is 6.94. The lowest BCUT2D eigenvalue weighted by atomic mass is 9.74. The zero-order valence-corrected chi connectivity index (χ0v) is 12.2. The molecule has 1 fully saturated rings. The van der Waals surface area contributed by atoms with Crippen LogP contribution in [0.15, 0.2) is 18.2 Å². The number of methoxy groups -OCH3 is 1. The Morgan fingerprint density at radius 3 is 3.10 bits per heavy atom. The topological polar surface area (TPSA) is 54.1 Å². The van der Waals surface area contributed by atoms with Crippen molar-refractivity contribution in [3.05, 3.63) is 35.0 Å². The van der Waals surface area contributed by atoms with Crippen LogP contribution in [0.25, 0.3) is 10.9 Å². The van der Waals surface area contributed by atoms with Gasteiger partial charge in [0, 0.05) is 16.9 Å². The molecule has 0 unspecified atom stereocenters. The number of carbonyl (C=O) groups excluding carboxylic acids is 1. The lowest BCUT2D eigenvalue weighted by Crippen LogP contribution is -2.42. The number of aromatic nitrogens is 1. The van der Waals surface area contributed by atoms with E-state index in [-0.39, 0.29) is 5.97 Å². The molecule has 21 heavy (non-hydrogen) atoms. The smallest absolute Gasteiger partial charge is 0.354 e. The zero-order chi connectivity index (χ0) is 14.4. The van der Waals surface area contributed by atoms with Crippen LogP contribution >= 0.6 is 0 Å². The molecule has 1 aromatic carbocycles. The van der Waals surface area contributed by atoms with Crippen LogP contribution in [0.5, 0.6) is 0 Å². The summed E-state index contributed by atoms with van der Waals surface area (Å²) < 4.78 is 4.82. The molecular weight excluding hydrogens is 264 g/mol. The fourth-order valence-electron chi connectivity index (χ4n) is 4.06. The van der Waals surface area contributed by atoms with Gasteiger partial charge in [-0.1, -0.05) is 6.07 Å². The molecule has 4 nitrogen and oxygen atoms in total. The average Bonchev–Trinajstić information content (AvgIpc) is 2.98. The molecule has 0 amide bonds. The Morgan fingerprint density at radius 2 is 2.24 bits per heavy atom. The van der Waals surface area contributed by atoms with E-state index in [1.165, 1.54) is 42.9 Å². The number of hydrogen-bond acceptors (Lipinski definition) is 3. The Hall–Kier alpha value is -1.81. The zero-order valence-electron chi connectivity index (χ0n) is 12.2. The Bertz CT molecular complexity index is 704. The Morgan fingerprint density at radius 1 is 1.33 bits per heavy atom. The van der Waals surface area contributed by atoms with E-state index in [1.54, 1.807) is 0 Å². The minimum atomic E-state index is -0.298. The van der Waals surface area contributed by atoms with Crippen molar-refractivity contribution in [1.29, 1.82) is 0 Å². The van der Waals surface area contributed by atoms with Crippen molar-refractivity contribution in [2.45, 2.75) is 37.6 Å². The van der Waals surface area contributed by atoms with Gasteiger partial charge in [0.15, 0.2) is 0 Å². The number of nitrogens with one attached hydrogen (secondary N) is 2. The Kier molecular flexibility index (Phi) is 3.00. The highest BCUT2D eigenvalue weighted by molar-refractivity contribution is 5.96. The lowest BCUT2D eigenvalue weighted by molar-refractivity contribution is 0.0595. The number of hydrogen-bond donors (Lipinski definition) is 2. The summed E-state index contributed by atoms with van der Waals surface area (Å²) in [5, 5.41) is 4.85. The first kappa shape index (κ1) is 12.9. The average molecular weight is 284 g/mol. The maximum atomic E-state index is 11.7. The fraction of sp³-hybridized carbons (Fsp3) is 0.471. The van der Waals surface area contributed by atoms with Crippen molar-refractivity contribution in [2.24, 2.45) is 0 Å².